The van der Waals surface area contributed by atoms with Gasteiger partial charge in [-0.15, -0.1) is 0 Å². The van der Waals surface area contributed by atoms with Crippen molar-refractivity contribution in [2.45, 2.75) is 0 Å². The molecule has 3 N–H and O–H groups in total. The van der Waals surface area contributed by atoms with E-state index >= 15 is 0 Å². The van der Waals surface area contributed by atoms with Crippen LogP contribution in [0.2, 0.25) is 0 Å². The Kier molecular flexibility index (Phi) is 6.27. The minimum atomic E-state index is -0.997. The molecule has 0 spiro atoms. The number of carboxylic acid groups (broad SMARTS) is 2. The molecular weight excluding hydrogens is 416 g/mol. The Labute approximate surface area is 190 Å². The summed E-state index contributed by atoms with van der Waals surface area (Å²) in [5, 5.41) is 17.7. The molecule has 4 aromatic rings. The number of carbonyl (C=O) groups is 2. The van der Waals surface area contributed by atoms with Crippen molar-refractivity contribution < 1.29 is 19.8 Å². The van der Waals surface area contributed by atoms with Gasteiger partial charge in [0.05, 0.1) is 11.4 Å². The number of hydrogen-bond acceptors (Lipinski definition) is 3. The number of hydrogen-bond donors (Lipinski definition) is 3. The summed E-state index contributed by atoms with van der Waals surface area (Å²) in [7, 11) is 0. The fourth-order valence-corrected chi connectivity index (χ4v) is 3.37. The third-order valence-electron chi connectivity index (χ3n) is 4.97. The summed E-state index contributed by atoms with van der Waals surface area (Å²) in [5.74, 6) is -1.27. The quantitative estimate of drug-likeness (QED) is 0.327. The van der Waals surface area contributed by atoms with E-state index in [0.717, 1.165) is 57.2 Å². The van der Waals surface area contributed by atoms with Crippen LogP contribution >= 0.6 is 0 Å². The van der Waals surface area contributed by atoms with Crippen LogP contribution in [0.15, 0.2) is 91.0 Å². The Hall–Kier alpha value is -4.71. The molecule has 0 radical (unpaired) electrons. The SMILES string of the molecule is O=C(O)/C=C/c1ccc(-c2nc(-c3ccccc3)[nH]c2-c2ccc(/C=C/C(=O)O)cc2)cc1. The van der Waals surface area contributed by atoms with Crippen molar-refractivity contribution in [2.24, 2.45) is 0 Å². The first-order valence-electron chi connectivity index (χ1n) is 10.2. The van der Waals surface area contributed by atoms with E-state index in [1.165, 1.54) is 6.08 Å². The average Bonchev–Trinajstić information content (AvgIpc) is 3.28. The number of aliphatic carboxylic acids is 2. The number of imidazole rings is 1. The van der Waals surface area contributed by atoms with Crippen LogP contribution in [0.5, 0.6) is 0 Å². The van der Waals surface area contributed by atoms with Crippen LogP contribution in [0.4, 0.5) is 0 Å². The Morgan fingerprint density at radius 2 is 1.18 bits per heavy atom. The van der Waals surface area contributed by atoms with Crippen LogP contribution in [0.3, 0.4) is 0 Å². The molecule has 4 rings (SSSR count). The van der Waals surface area contributed by atoms with Gasteiger partial charge in [-0.2, -0.15) is 0 Å². The lowest BCUT2D eigenvalue weighted by molar-refractivity contribution is -0.132. The highest BCUT2D eigenvalue weighted by Gasteiger charge is 2.15. The van der Waals surface area contributed by atoms with Crippen molar-refractivity contribution in [3.8, 4) is 33.9 Å². The highest BCUT2D eigenvalue weighted by atomic mass is 16.4. The molecule has 0 atom stereocenters. The summed E-state index contributed by atoms with van der Waals surface area (Å²) in [4.78, 5) is 29.8. The second kappa shape index (κ2) is 9.62. The number of carboxylic acids is 2. The second-order valence-electron chi connectivity index (χ2n) is 7.26. The van der Waals surface area contributed by atoms with Crippen LogP contribution < -0.4 is 0 Å². The molecule has 0 aliphatic carbocycles. The number of aromatic nitrogens is 2. The Bertz CT molecular complexity index is 1250. The van der Waals surface area contributed by atoms with Gasteiger partial charge in [0.25, 0.3) is 0 Å². The van der Waals surface area contributed by atoms with E-state index in [9.17, 15) is 9.59 Å². The van der Waals surface area contributed by atoms with Crippen LogP contribution in [0.25, 0.3) is 46.1 Å². The van der Waals surface area contributed by atoms with Gasteiger partial charge in [-0.3, -0.25) is 0 Å². The smallest absolute Gasteiger partial charge is 0.328 e. The molecule has 1 heterocycles. The van der Waals surface area contributed by atoms with Gasteiger partial charge in [-0.1, -0.05) is 78.9 Å². The van der Waals surface area contributed by atoms with Crippen molar-refractivity contribution >= 4 is 24.1 Å². The summed E-state index contributed by atoms with van der Waals surface area (Å²) in [5.41, 5.74) is 5.88. The summed E-state index contributed by atoms with van der Waals surface area (Å²) in [6.45, 7) is 0. The van der Waals surface area contributed by atoms with Crippen molar-refractivity contribution in [2.75, 3.05) is 0 Å². The minimum Gasteiger partial charge on any atom is -0.478 e. The van der Waals surface area contributed by atoms with Crippen LogP contribution in [0, 0.1) is 0 Å². The highest BCUT2D eigenvalue weighted by molar-refractivity contribution is 5.87. The van der Waals surface area contributed by atoms with Gasteiger partial charge in [-0.05, 0) is 23.3 Å². The van der Waals surface area contributed by atoms with Gasteiger partial charge in [0, 0.05) is 28.8 Å². The molecule has 0 amide bonds. The molecule has 0 saturated heterocycles. The van der Waals surface area contributed by atoms with Crippen LogP contribution in [-0.4, -0.2) is 32.1 Å². The monoisotopic (exact) mass is 436 g/mol. The van der Waals surface area contributed by atoms with Gasteiger partial charge in [0.1, 0.15) is 5.82 Å². The molecule has 0 fully saturated rings. The maximum Gasteiger partial charge on any atom is 0.328 e. The third kappa shape index (κ3) is 5.32. The molecule has 3 aromatic carbocycles. The Morgan fingerprint density at radius 3 is 1.70 bits per heavy atom. The molecule has 1 aromatic heterocycles. The van der Waals surface area contributed by atoms with Gasteiger partial charge >= 0.3 is 11.9 Å². The zero-order valence-corrected chi connectivity index (χ0v) is 17.5. The Morgan fingerprint density at radius 1 is 0.667 bits per heavy atom. The number of nitrogens with zero attached hydrogens (tertiary/aromatic N) is 1. The first-order valence-corrected chi connectivity index (χ1v) is 10.2. The number of benzene rings is 3. The van der Waals surface area contributed by atoms with Crippen molar-refractivity contribution in [1.82, 2.24) is 9.97 Å². The molecule has 0 saturated carbocycles. The predicted molar refractivity (Wildman–Crippen MR) is 128 cm³/mol. The maximum absolute atomic E-state index is 10.8. The standard InChI is InChI=1S/C27H20N2O4/c30-23(31)16-10-18-6-12-20(13-7-18)25-26(29-27(28-25)22-4-2-1-3-5-22)21-14-8-19(9-15-21)11-17-24(32)33/h1-17H,(H,28,29)(H,30,31)(H,32,33)/b16-10+,17-11+. The van der Waals surface area contributed by atoms with E-state index in [2.05, 4.69) is 4.98 Å². The van der Waals surface area contributed by atoms with Crippen LogP contribution in [-0.2, 0) is 9.59 Å². The molecule has 6 heteroatoms. The molecule has 33 heavy (non-hydrogen) atoms. The number of H-pyrrole nitrogens is 1. The van der Waals surface area contributed by atoms with Crippen molar-refractivity contribution in [3.05, 3.63) is 102 Å². The topological polar surface area (TPSA) is 103 Å². The van der Waals surface area contributed by atoms with E-state index in [-0.39, 0.29) is 0 Å². The summed E-state index contributed by atoms with van der Waals surface area (Å²) in [6, 6.07) is 24.8. The number of nitrogens with one attached hydrogen (secondary N) is 1. The van der Waals surface area contributed by atoms with E-state index in [4.69, 9.17) is 15.2 Å². The van der Waals surface area contributed by atoms with E-state index in [1.54, 1.807) is 6.08 Å². The number of aromatic amines is 1. The molecule has 0 aliphatic rings. The number of rotatable bonds is 7. The summed E-state index contributed by atoms with van der Waals surface area (Å²) < 4.78 is 0. The molecule has 0 bridgehead atoms. The summed E-state index contributed by atoms with van der Waals surface area (Å²) in [6.07, 6.45) is 5.28. The van der Waals surface area contributed by atoms with E-state index in [1.807, 2.05) is 78.9 Å². The predicted octanol–water partition coefficient (Wildman–Crippen LogP) is 5.61. The van der Waals surface area contributed by atoms with Gasteiger partial charge in [0.2, 0.25) is 0 Å². The normalized spacial score (nSPS) is 11.3. The zero-order chi connectivity index (χ0) is 23.2. The Balaban J connectivity index is 1.75. The fraction of sp³-hybridized carbons (Fsp3) is 0. The summed E-state index contributed by atoms with van der Waals surface area (Å²) >= 11 is 0. The van der Waals surface area contributed by atoms with E-state index < -0.39 is 11.9 Å². The zero-order valence-electron chi connectivity index (χ0n) is 17.5. The molecule has 162 valence electrons. The lowest BCUT2D eigenvalue weighted by Crippen LogP contribution is -1.87. The highest BCUT2D eigenvalue weighted by Crippen LogP contribution is 2.33. The second-order valence-corrected chi connectivity index (χ2v) is 7.26. The first kappa shape index (κ1) is 21.5. The minimum absolute atomic E-state index is 0.727. The lowest BCUT2D eigenvalue weighted by atomic mass is 10.0. The van der Waals surface area contributed by atoms with Crippen LogP contribution in [0.1, 0.15) is 11.1 Å². The molecule has 0 unspecified atom stereocenters. The molecule has 6 nitrogen and oxygen atoms in total. The fourth-order valence-electron chi connectivity index (χ4n) is 3.37. The van der Waals surface area contributed by atoms with Gasteiger partial charge < -0.3 is 15.2 Å². The average molecular weight is 436 g/mol. The maximum atomic E-state index is 10.8. The third-order valence-corrected chi connectivity index (χ3v) is 4.97. The van der Waals surface area contributed by atoms with Gasteiger partial charge in [0.15, 0.2) is 0 Å². The first-order chi connectivity index (χ1) is 16.0. The largest absolute Gasteiger partial charge is 0.478 e. The van der Waals surface area contributed by atoms with Crippen molar-refractivity contribution in [1.29, 1.82) is 0 Å². The lowest BCUT2D eigenvalue weighted by Gasteiger charge is -2.05. The molecular formula is C27H20N2O4. The van der Waals surface area contributed by atoms with Crippen molar-refractivity contribution in [3.63, 3.8) is 0 Å². The molecule has 0 aliphatic heterocycles. The van der Waals surface area contributed by atoms with Gasteiger partial charge in [-0.25, -0.2) is 14.6 Å². The van der Waals surface area contributed by atoms with E-state index in [0.29, 0.717) is 0 Å².